The van der Waals surface area contributed by atoms with Gasteiger partial charge in [0.2, 0.25) is 5.78 Å². The van der Waals surface area contributed by atoms with Crippen LogP contribution in [0.1, 0.15) is 41.9 Å². The number of hydrogen-bond donors (Lipinski definition) is 3. The molecule has 1 saturated heterocycles. The molecule has 0 bridgehead atoms. The Morgan fingerprint density at radius 2 is 1.86 bits per heavy atom. The molecular formula is C19H23F2N5O2S. The molecule has 0 saturated carbocycles. The Labute approximate surface area is 171 Å². The summed E-state index contributed by atoms with van der Waals surface area (Å²) >= 11 is 0.966. The quantitative estimate of drug-likeness (QED) is 0.641. The number of benzene rings is 1. The Morgan fingerprint density at radius 1 is 1.24 bits per heavy atom. The van der Waals surface area contributed by atoms with Crippen molar-refractivity contribution in [2.75, 3.05) is 24.1 Å². The molecule has 1 aromatic carbocycles. The maximum absolute atomic E-state index is 13.9. The summed E-state index contributed by atoms with van der Waals surface area (Å²) in [6.45, 7) is 4.99. The zero-order valence-electron chi connectivity index (χ0n) is 16.2. The highest BCUT2D eigenvalue weighted by atomic mass is 32.1. The fourth-order valence-electron chi connectivity index (χ4n) is 3.12. The predicted octanol–water partition coefficient (Wildman–Crippen LogP) is 3.23. The summed E-state index contributed by atoms with van der Waals surface area (Å²) in [5, 5.41) is 6.48. The number of hydrogen-bond acceptors (Lipinski definition) is 6. The van der Waals surface area contributed by atoms with E-state index in [4.69, 9.17) is 5.73 Å². The van der Waals surface area contributed by atoms with E-state index < -0.39 is 23.0 Å². The number of rotatable bonds is 5. The van der Waals surface area contributed by atoms with Gasteiger partial charge in [0.15, 0.2) is 5.13 Å². The minimum Gasteiger partial charge on any atom is -0.382 e. The number of carbonyl (C=O) groups is 2. The molecule has 1 fully saturated rings. The van der Waals surface area contributed by atoms with Gasteiger partial charge in [0.25, 0.3) is 0 Å². The molecule has 0 atom stereocenters. The normalized spacial score (nSPS) is 14.9. The number of urea groups is 1. The van der Waals surface area contributed by atoms with Gasteiger partial charge in [-0.2, -0.15) is 0 Å². The first-order valence-electron chi connectivity index (χ1n) is 9.33. The first-order chi connectivity index (χ1) is 13.8. The standard InChI is InChI=1S/C19H23F2N5O2S/c1-10(2)23-19(28)26-8-6-11(7-9-26)24-18-25-17(22)16(29-18)15(27)14-12(20)4-3-5-13(14)21/h3-5,10-11H,6-9,22H2,1-2H3,(H,23,28)(H,24,25). The highest BCUT2D eigenvalue weighted by Gasteiger charge is 2.26. The number of halogens is 2. The van der Waals surface area contributed by atoms with Gasteiger partial charge in [0.05, 0.1) is 5.56 Å². The molecule has 10 heteroatoms. The molecule has 0 unspecified atom stereocenters. The number of thiazole rings is 1. The summed E-state index contributed by atoms with van der Waals surface area (Å²) in [5.41, 5.74) is 5.19. The topological polar surface area (TPSA) is 100 Å². The van der Waals surface area contributed by atoms with Gasteiger partial charge in [-0.15, -0.1) is 0 Å². The van der Waals surface area contributed by atoms with Crippen LogP contribution in [0.4, 0.5) is 24.5 Å². The number of carbonyl (C=O) groups excluding carboxylic acids is 2. The van der Waals surface area contributed by atoms with Gasteiger partial charge in [-0.3, -0.25) is 4.79 Å². The van der Waals surface area contributed by atoms with Crippen LogP contribution in [0.5, 0.6) is 0 Å². The van der Waals surface area contributed by atoms with E-state index in [0.29, 0.717) is 31.1 Å². The largest absolute Gasteiger partial charge is 0.382 e. The highest BCUT2D eigenvalue weighted by Crippen LogP contribution is 2.30. The van der Waals surface area contributed by atoms with Crippen molar-refractivity contribution in [2.24, 2.45) is 0 Å². The van der Waals surface area contributed by atoms with Gasteiger partial charge >= 0.3 is 6.03 Å². The lowest BCUT2D eigenvalue weighted by molar-refractivity contribution is 0.103. The van der Waals surface area contributed by atoms with E-state index >= 15 is 0 Å². The van der Waals surface area contributed by atoms with Crippen LogP contribution in [0, 0.1) is 11.6 Å². The van der Waals surface area contributed by atoms with Gasteiger partial charge in [-0.1, -0.05) is 17.4 Å². The second-order valence-electron chi connectivity index (χ2n) is 7.17. The van der Waals surface area contributed by atoms with Crippen molar-refractivity contribution in [3.8, 4) is 0 Å². The van der Waals surface area contributed by atoms with E-state index in [0.717, 1.165) is 23.5 Å². The van der Waals surface area contributed by atoms with Crippen molar-refractivity contribution < 1.29 is 18.4 Å². The van der Waals surface area contributed by atoms with Gasteiger partial charge in [0.1, 0.15) is 22.3 Å². The maximum Gasteiger partial charge on any atom is 0.317 e. The molecule has 4 N–H and O–H groups in total. The molecule has 2 amide bonds. The Bertz CT molecular complexity index is 890. The predicted molar refractivity (Wildman–Crippen MR) is 108 cm³/mol. The van der Waals surface area contributed by atoms with Crippen LogP contribution >= 0.6 is 11.3 Å². The van der Waals surface area contributed by atoms with Crippen LogP contribution in [-0.2, 0) is 0 Å². The van der Waals surface area contributed by atoms with Crippen LogP contribution < -0.4 is 16.4 Å². The summed E-state index contributed by atoms with van der Waals surface area (Å²) in [6, 6.07) is 3.28. The van der Waals surface area contributed by atoms with Gasteiger partial charge in [-0.05, 0) is 38.8 Å². The van der Waals surface area contributed by atoms with Crippen LogP contribution in [-0.4, -0.2) is 46.9 Å². The van der Waals surface area contributed by atoms with Gasteiger partial charge < -0.3 is 21.3 Å². The molecule has 1 aliphatic rings. The lowest BCUT2D eigenvalue weighted by Gasteiger charge is -2.32. The summed E-state index contributed by atoms with van der Waals surface area (Å²) in [7, 11) is 0. The van der Waals surface area contributed by atoms with Crippen LogP contribution in [0.15, 0.2) is 18.2 Å². The van der Waals surface area contributed by atoms with E-state index in [1.54, 1.807) is 4.90 Å². The maximum atomic E-state index is 13.9. The Balaban J connectivity index is 1.65. The molecule has 1 aliphatic heterocycles. The van der Waals surface area contributed by atoms with E-state index in [1.165, 1.54) is 6.07 Å². The molecule has 3 rings (SSSR count). The summed E-state index contributed by atoms with van der Waals surface area (Å²) < 4.78 is 27.8. The second kappa shape index (κ2) is 8.73. The molecule has 2 heterocycles. The number of piperidine rings is 1. The molecule has 2 aromatic rings. The number of amides is 2. The van der Waals surface area contributed by atoms with Crippen molar-refractivity contribution in [1.82, 2.24) is 15.2 Å². The molecule has 29 heavy (non-hydrogen) atoms. The highest BCUT2D eigenvalue weighted by molar-refractivity contribution is 7.18. The van der Waals surface area contributed by atoms with E-state index in [2.05, 4.69) is 15.6 Å². The van der Waals surface area contributed by atoms with Crippen LogP contribution in [0.3, 0.4) is 0 Å². The Kier molecular flexibility index (Phi) is 6.31. The smallest absolute Gasteiger partial charge is 0.317 e. The van der Waals surface area contributed by atoms with Crippen LogP contribution in [0.25, 0.3) is 0 Å². The third-order valence-electron chi connectivity index (χ3n) is 4.57. The lowest BCUT2D eigenvalue weighted by Crippen LogP contribution is -2.48. The average molecular weight is 423 g/mol. The summed E-state index contributed by atoms with van der Waals surface area (Å²) in [4.78, 5) is 30.5. The number of nitrogens with zero attached hydrogens (tertiary/aromatic N) is 2. The monoisotopic (exact) mass is 423 g/mol. The Hall–Kier alpha value is -2.75. The third kappa shape index (κ3) is 4.81. The van der Waals surface area contributed by atoms with Crippen molar-refractivity contribution in [1.29, 1.82) is 0 Å². The zero-order chi connectivity index (χ0) is 21.1. The molecule has 0 spiro atoms. The second-order valence-corrected chi connectivity index (χ2v) is 8.17. The van der Waals surface area contributed by atoms with E-state index in [9.17, 15) is 18.4 Å². The third-order valence-corrected chi connectivity index (χ3v) is 5.57. The SMILES string of the molecule is CC(C)NC(=O)N1CCC(Nc2nc(N)c(C(=O)c3c(F)cccc3F)s2)CC1. The number of aromatic nitrogens is 1. The first kappa shape index (κ1) is 21.0. The number of nitrogens with two attached hydrogens (primary N) is 1. The number of ketones is 1. The van der Waals surface area contributed by atoms with E-state index in [1.807, 2.05) is 13.8 Å². The lowest BCUT2D eigenvalue weighted by atomic mass is 10.1. The molecule has 1 aromatic heterocycles. The van der Waals surface area contributed by atoms with Gasteiger partial charge in [-0.25, -0.2) is 18.6 Å². The van der Waals surface area contributed by atoms with Crippen molar-refractivity contribution in [3.05, 3.63) is 40.3 Å². The van der Waals surface area contributed by atoms with Gasteiger partial charge in [0, 0.05) is 25.2 Å². The first-order valence-corrected chi connectivity index (χ1v) is 10.1. The molecule has 0 radical (unpaired) electrons. The fraction of sp³-hybridized carbons (Fsp3) is 0.421. The molecule has 7 nitrogen and oxygen atoms in total. The van der Waals surface area contributed by atoms with Crippen molar-refractivity contribution in [2.45, 2.75) is 38.8 Å². The van der Waals surface area contributed by atoms with Crippen LogP contribution in [0.2, 0.25) is 0 Å². The van der Waals surface area contributed by atoms with Crippen molar-refractivity contribution >= 4 is 34.1 Å². The summed E-state index contributed by atoms with van der Waals surface area (Å²) in [6.07, 6.45) is 1.41. The number of nitrogen functional groups attached to an aromatic ring is 1. The van der Waals surface area contributed by atoms with E-state index in [-0.39, 0.29) is 28.8 Å². The minimum absolute atomic E-state index is 0.00903. The number of likely N-dealkylation sites (tertiary alicyclic amines) is 1. The number of nitrogens with one attached hydrogen (secondary N) is 2. The molecular weight excluding hydrogens is 400 g/mol. The fourth-order valence-corrected chi connectivity index (χ4v) is 4.03. The Morgan fingerprint density at radius 3 is 2.45 bits per heavy atom. The summed E-state index contributed by atoms with van der Waals surface area (Å²) in [5.74, 6) is -2.78. The molecule has 0 aliphatic carbocycles. The van der Waals surface area contributed by atoms with Crippen molar-refractivity contribution in [3.63, 3.8) is 0 Å². The number of anilines is 2. The minimum atomic E-state index is -0.940. The molecule has 156 valence electrons. The average Bonchev–Trinajstić information content (AvgIpc) is 3.01. The zero-order valence-corrected chi connectivity index (χ0v) is 17.0.